The number of hydrogen-bond acceptors (Lipinski definition) is 5. The molecule has 1 heterocycles. The molecule has 0 aliphatic carbocycles. The van der Waals surface area contributed by atoms with Crippen molar-refractivity contribution in [2.24, 2.45) is 0 Å². The van der Waals surface area contributed by atoms with Gasteiger partial charge in [-0.2, -0.15) is 0 Å². The maximum atomic E-state index is 11.8. The first-order valence-electron chi connectivity index (χ1n) is 6.96. The SMILES string of the molecule is CN1C(=O)CCOc2ccc(C#CC(C)(C)O)cc21.CSNI. The summed E-state index contributed by atoms with van der Waals surface area (Å²) in [5.41, 5.74) is 0.418. The number of ether oxygens (including phenoxy) is 1. The van der Waals surface area contributed by atoms with Gasteiger partial charge >= 0.3 is 0 Å². The zero-order valence-corrected chi connectivity index (χ0v) is 16.6. The largest absolute Gasteiger partial charge is 0.491 e. The Labute approximate surface area is 155 Å². The lowest BCUT2D eigenvalue weighted by Crippen LogP contribution is -2.25. The number of benzene rings is 1. The van der Waals surface area contributed by atoms with Crippen LogP contribution in [0.15, 0.2) is 18.2 Å². The summed E-state index contributed by atoms with van der Waals surface area (Å²) >= 11 is 3.66. The summed E-state index contributed by atoms with van der Waals surface area (Å²) in [6.07, 6.45) is 2.35. The predicted octanol–water partition coefficient (Wildman–Crippen LogP) is 2.76. The zero-order valence-electron chi connectivity index (χ0n) is 13.6. The zero-order chi connectivity index (χ0) is 17.5. The van der Waals surface area contributed by atoms with Gasteiger partial charge in [-0.3, -0.25) is 4.79 Å². The van der Waals surface area contributed by atoms with Gasteiger partial charge in [0.15, 0.2) is 0 Å². The van der Waals surface area contributed by atoms with E-state index in [0.717, 1.165) is 5.56 Å². The highest BCUT2D eigenvalue weighted by Gasteiger charge is 2.19. The summed E-state index contributed by atoms with van der Waals surface area (Å²) in [6.45, 7) is 3.65. The van der Waals surface area contributed by atoms with Crippen molar-refractivity contribution in [3.05, 3.63) is 23.8 Å². The number of carbonyl (C=O) groups is 1. The first-order chi connectivity index (χ1) is 10.8. The molecule has 0 saturated heterocycles. The molecule has 126 valence electrons. The van der Waals surface area contributed by atoms with Crippen LogP contribution in [0.5, 0.6) is 5.75 Å². The minimum Gasteiger partial charge on any atom is -0.491 e. The molecule has 0 bridgehead atoms. The number of aliphatic hydroxyl groups is 1. The Kier molecular flexibility index (Phi) is 8.19. The first-order valence-corrected chi connectivity index (χ1v) is 9.26. The van der Waals surface area contributed by atoms with Gasteiger partial charge in [0, 0.05) is 35.5 Å². The molecule has 0 saturated carbocycles. The number of nitrogens with one attached hydrogen (secondary N) is 1. The van der Waals surface area contributed by atoms with Crippen LogP contribution < -0.4 is 12.6 Å². The van der Waals surface area contributed by atoms with Crippen molar-refractivity contribution in [3.8, 4) is 17.6 Å². The molecule has 0 radical (unpaired) electrons. The Bertz CT molecular complexity index is 604. The maximum absolute atomic E-state index is 11.8. The fraction of sp³-hybridized carbons (Fsp3) is 0.438. The first kappa shape index (κ1) is 20.1. The van der Waals surface area contributed by atoms with Gasteiger partial charge in [0.1, 0.15) is 11.4 Å². The molecule has 1 aliphatic rings. The molecule has 0 unspecified atom stereocenters. The second kappa shape index (κ2) is 9.37. The van der Waals surface area contributed by atoms with E-state index in [1.54, 1.807) is 49.9 Å². The van der Waals surface area contributed by atoms with E-state index in [1.807, 2.05) is 12.3 Å². The minimum absolute atomic E-state index is 0.0198. The quantitative estimate of drug-likeness (QED) is 0.300. The highest BCUT2D eigenvalue weighted by Crippen LogP contribution is 2.31. The van der Waals surface area contributed by atoms with Gasteiger partial charge in [0.2, 0.25) is 5.91 Å². The normalized spacial score (nSPS) is 13.7. The summed E-state index contributed by atoms with van der Waals surface area (Å²) in [7, 11) is 1.73. The molecule has 5 nitrogen and oxygen atoms in total. The fourth-order valence-corrected chi connectivity index (χ4v) is 1.75. The van der Waals surface area contributed by atoms with Crippen LogP contribution in [-0.2, 0) is 4.79 Å². The van der Waals surface area contributed by atoms with Crippen molar-refractivity contribution in [1.82, 2.24) is 2.94 Å². The molecule has 0 atom stereocenters. The number of fused-ring (bicyclic) bond motifs is 1. The fourth-order valence-electron chi connectivity index (χ4n) is 1.75. The number of nitrogens with zero attached hydrogens (tertiary/aromatic N) is 1. The monoisotopic (exact) mass is 448 g/mol. The van der Waals surface area contributed by atoms with Crippen molar-refractivity contribution in [3.63, 3.8) is 0 Å². The molecular weight excluding hydrogens is 427 g/mol. The summed E-state index contributed by atoms with van der Waals surface area (Å²) in [6, 6.07) is 5.43. The Morgan fingerprint density at radius 3 is 2.70 bits per heavy atom. The highest BCUT2D eigenvalue weighted by atomic mass is 127. The van der Waals surface area contributed by atoms with E-state index in [4.69, 9.17) is 4.74 Å². The van der Waals surface area contributed by atoms with Crippen LogP contribution in [0.1, 0.15) is 25.8 Å². The second-order valence-corrected chi connectivity index (χ2v) is 7.21. The molecule has 2 N–H and O–H groups in total. The van der Waals surface area contributed by atoms with E-state index in [2.05, 4.69) is 37.6 Å². The number of rotatable bonds is 1. The van der Waals surface area contributed by atoms with Gasteiger partial charge < -0.3 is 14.7 Å². The molecule has 1 aromatic carbocycles. The molecule has 1 aliphatic heterocycles. The second-order valence-electron chi connectivity index (χ2n) is 5.32. The third-order valence-electron chi connectivity index (χ3n) is 2.86. The van der Waals surface area contributed by atoms with Crippen LogP contribution in [-0.4, -0.2) is 36.5 Å². The molecule has 2 rings (SSSR count). The van der Waals surface area contributed by atoms with Gasteiger partial charge in [-0.05, 0) is 38.3 Å². The molecule has 23 heavy (non-hydrogen) atoms. The van der Waals surface area contributed by atoms with E-state index in [9.17, 15) is 9.90 Å². The third kappa shape index (κ3) is 6.99. The van der Waals surface area contributed by atoms with E-state index >= 15 is 0 Å². The van der Waals surface area contributed by atoms with Crippen LogP contribution >= 0.6 is 34.8 Å². The van der Waals surface area contributed by atoms with Gasteiger partial charge in [-0.15, -0.1) is 0 Å². The van der Waals surface area contributed by atoms with Crippen LogP contribution in [0.25, 0.3) is 0 Å². The lowest BCUT2D eigenvalue weighted by molar-refractivity contribution is -0.118. The number of anilines is 1. The van der Waals surface area contributed by atoms with Crippen molar-refractivity contribution in [2.75, 3.05) is 24.8 Å². The van der Waals surface area contributed by atoms with Gasteiger partial charge in [-0.25, -0.2) is 2.94 Å². The van der Waals surface area contributed by atoms with Gasteiger partial charge in [0.25, 0.3) is 0 Å². The molecule has 0 spiro atoms. The van der Waals surface area contributed by atoms with Crippen LogP contribution in [0, 0.1) is 11.8 Å². The molecule has 1 amide bonds. The van der Waals surface area contributed by atoms with E-state index in [1.165, 1.54) is 0 Å². The number of halogens is 1. The number of amides is 1. The lowest BCUT2D eigenvalue weighted by Gasteiger charge is -2.16. The molecule has 0 aromatic heterocycles. The highest BCUT2D eigenvalue weighted by molar-refractivity contribution is 14.1. The molecule has 0 fully saturated rings. The van der Waals surface area contributed by atoms with E-state index in [-0.39, 0.29) is 5.91 Å². The Balaban J connectivity index is 0.000000593. The molecular formula is C16H21IN2O3S. The van der Waals surface area contributed by atoms with E-state index < -0.39 is 5.60 Å². The number of carbonyl (C=O) groups excluding carboxylic acids is 1. The van der Waals surface area contributed by atoms with Crippen molar-refractivity contribution < 1.29 is 14.6 Å². The Morgan fingerprint density at radius 2 is 2.13 bits per heavy atom. The summed E-state index contributed by atoms with van der Waals surface area (Å²) in [5, 5.41) is 9.59. The standard InChI is InChI=1S/C15H17NO3.CH4INS/c1-15(2,18)8-6-11-4-5-13-12(10-11)16(3)14(17)7-9-19-13;1-4-3-2/h4-5,10,18H,7,9H2,1-3H3;3H,1H3. The summed E-state index contributed by atoms with van der Waals surface area (Å²) in [4.78, 5) is 13.4. The van der Waals surface area contributed by atoms with E-state index in [0.29, 0.717) is 24.5 Å². The third-order valence-corrected chi connectivity index (χ3v) is 4.33. The Morgan fingerprint density at radius 1 is 1.48 bits per heavy atom. The summed E-state index contributed by atoms with van der Waals surface area (Å²) < 4.78 is 8.35. The molecule has 7 heteroatoms. The van der Waals surface area contributed by atoms with Crippen LogP contribution in [0.2, 0.25) is 0 Å². The van der Waals surface area contributed by atoms with Crippen LogP contribution in [0.3, 0.4) is 0 Å². The van der Waals surface area contributed by atoms with Crippen LogP contribution in [0.4, 0.5) is 5.69 Å². The minimum atomic E-state index is -1.04. The Hall–Kier alpha value is -0.950. The average molecular weight is 448 g/mol. The topological polar surface area (TPSA) is 61.8 Å². The van der Waals surface area contributed by atoms with Gasteiger partial charge in [0.05, 0.1) is 18.7 Å². The number of hydrogen-bond donors (Lipinski definition) is 2. The molecule has 1 aromatic rings. The van der Waals surface area contributed by atoms with Gasteiger partial charge in [-0.1, -0.05) is 23.8 Å². The maximum Gasteiger partial charge on any atom is 0.230 e. The summed E-state index contributed by atoms with van der Waals surface area (Å²) in [5.74, 6) is 6.35. The smallest absolute Gasteiger partial charge is 0.230 e. The predicted molar refractivity (Wildman–Crippen MR) is 104 cm³/mol. The van der Waals surface area contributed by atoms with Crippen molar-refractivity contribution >= 4 is 46.4 Å². The van der Waals surface area contributed by atoms with Crippen molar-refractivity contribution in [2.45, 2.75) is 25.9 Å². The lowest BCUT2D eigenvalue weighted by atomic mass is 10.1. The average Bonchev–Trinajstić information content (AvgIpc) is 2.65. The van der Waals surface area contributed by atoms with Crippen molar-refractivity contribution in [1.29, 1.82) is 0 Å².